The smallest absolute Gasteiger partial charge is 0.133 e. The predicted molar refractivity (Wildman–Crippen MR) is 527 cm³/mol. The first-order valence-electron chi connectivity index (χ1n) is 47.7. The van der Waals surface area contributed by atoms with Crippen molar-refractivity contribution in [2.45, 2.75) is 306 Å². The monoisotopic (exact) mass is 1790 g/mol. The highest BCUT2D eigenvalue weighted by molar-refractivity contribution is 5.56. The highest BCUT2D eigenvalue weighted by Crippen LogP contribution is 2.41. The number of alkyl halides is 1. The van der Waals surface area contributed by atoms with Crippen LogP contribution < -0.4 is 37.9 Å². The fraction of sp³-hybridized carbons (Fsp3) is 0.540. The van der Waals surface area contributed by atoms with Crippen LogP contribution in [0.1, 0.15) is 315 Å². The molecule has 4 unspecified atom stereocenters. The topological polar surface area (TPSA) is 148 Å². The minimum Gasteiger partial charge on any atom is -0.490 e. The second-order valence-electron chi connectivity index (χ2n) is 36.6. The van der Waals surface area contributed by atoms with Crippen LogP contribution in [0, 0.1) is 19.3 Å². The molecule has 10 rings (SSSR count). The van der Waals surface area contributed by atoms with Crippen molar-refractivity contribution in [2.24, 2.45) is 0 Å². The van der Waals surface area contributed by atoms with Crippen molar-refractivity contribution in [3.63, 3.8) is 0 Å². The van der Waals surface area contributed by atoms with E-state index in [2.05, 4.69) is 168 Å². The Morgan fingerprint density at radius 2 is 0.746 bits per heavy atom. The van der Waals surface area contributed by atoms with Gasteiger partial charge in [-0.2, -0.15) is 0 Å². The van der Waals surface area contributed by atoms with Crippen LogP contribution in [0.25, 0.3) is 6.08 Å². The molecule has 0 N–H and O–H groups in total. The molecule has 0 bridgehead atoms. The molecule has 714 valence electrons. The van der Waals surface area contributed by atoms with Crippen LogP contribution >= 0.6 is 0 Å². The number of aryl methyl sites for hydroxylation is 1. The third kappa shape index (κ3) is 34.9. The molecule has 4 atom stereocenters. The van der Waals surface area contributed by atoms with E-state index < -0.39 is 5.67 Å². The van der Waals surface area contributed by atoms with Gasteiger partial charge < -0.3 is 75.8 Å². The maximum Gasteiger partial charge on any atom is 0.133 e. The Bertz CT molecular complexity index is 4470. The first-order chi connectivity index (χ1) is 62.4. The van der Waals surface area contributed by atoms with Crippen molar-refractivity contribution in [2.75, 3.05) is 94.5 Å². The molecule has 0 amide bonds. The molecule has 8 aromatic carbocycles. The minimum absolute atomic E-state index is 0.000439. The van der Waals surface area contributed by atoms with Gasteiger partial charge in [0.2, 0.25) is 0 Å². The van der Waals surface area contributed by atoms with Gasteiger partial charge in [0.05, 0.1) is 64.1 Å². The van der Waals surface area contributed by atoms with Gasteiger partial charge in [-0.25, -0.2) is 4.39 Å². The Balaban J connectivity index is 0.000000240. The van der Waals surface area contributed by atoms with Crippen molar-refractivity contribution in [1.82, 2.24) is 0 Å². The van der Waals surface area contributed by atoms with Gasteiger partial charge in [0.25, 0.3) is 0 Å². The number of methoxy groups -OCH3 is 4. The van der Waals surface area contributed by atoms with E-state index in [0.717, 1.165) is 146 Å². The Hall–Kier alpha value is -8.93. The number of benzene rings is 8. The molecular formula is C113H159FO16. The summed E-state index contributed by atoms with van der Waals surface area (Å²) in [7, 11) is 6.72. The van der Waals surface area contributed by atoms with Gasteiger partial charge in [-0.15, -0.1) is 6.42 Å². The van der Waals surface area contributed by atoms with Gasteiger partial charge in [-0.05, 0) is 246 Å². The third-order valence-electron chi connectivity index (χ3n) is 25.1. The molecular weight excluding hydrogens is 1630 g/mol. The molecule has 2 aliphatic rings. The van der Waals surface area contributed by atoms with E-state index >= 15 is 0 Å². The summed E-state index contributed by atoms with van der Waals surface area (Å²) in [6.07, 6.45) is 23.8. The van der Waals surface area contributed by atoms with E-state index in [1.165, 1.54) is 60.8 Å². The quantitative estimate of drug-likeness (QED) is 0.0263. The lowest BCUT2D eigenvalue weighted by molar-refractivity contribution is 0.0120. The van der Waals surface area contributed by atoms with E-state index in [-0.39, 0.29) is 28.5 Å². The van der Waals surface area contributed by atoms with Crippen LogP contribution in [0.15, 0.2) is 152 Å². The molecule has 0 radical (unpaired) electrons. The number of halogens is 1. The third-order valence-corrected chi connectivity index (χ3v) is 25.1. The maximum atomic E-state index is 14.6. The summed E-state index contributed by atoms with van der Waals surface area (Å²) in [5, 5.41) is 0. The standard InChI is InChI=1S/C36H53FO4.C27H38O4.C25H36O4.C25H32O4/c1-6-36(5,37)29-17-19-33(20-18-29)38-21-22-39-34-27(25-40-31-13-9-7-10-14-31)23-30(35(2,3)4)24-28(34)26-41-32-15-11-8-12-16-32;1-7-21-17-22(19-28-9-3)26(23(18-21)20-29-10-4)31-16-15-30-25-13-11-24(12-14-25)27(5,6)8-2;1-8-18(3)21-9-11-22(12-10-21)28-13-14-29-25-23(19(4)26-6)15-17(2)16-24(25)20(5)27-7;1-7-19-15-20(17-26-5)24(21(16-19)18-27-6)29-14-13-28-23-11-9-22(10-12-23)25(3,4)8-2/h17-20,23-24,31-32H,6-16,21-22,25-26H2,1-5H3;7,11-14,17-18H,1,8-10,15-16,19-20H2,2-6H3;9-12,15-16,18-20H,8,13-14H2,1-7H3;1,9-12,15-16H,8,13-14,17-18H2,2-6H3. The lowest BCUT2D eigenvalue weighted by atomic mass is 9.82. The first kappa shape index (κ1) is 108. The van der Waals surface area contributed by atoms with Crippen LogP contribution in [-0.2, 0) is 99.4 Å². The Morgan fingerprint density at radius 3 is 1.06 bits per heavy atom. The number of hydrogen-bond donors (Lipinski definition) is 0. The highest BCUT2D eigenvalue weighted by atomic mass is 19.1. The summed E-state index contributed by atoms with van der Waals surface area (Å²) in [5.41, 5.74) is 16.0. The van der Waals surface area contributed by atoms with Crippen LogP contribution in [0.4, 0.5) is 4.39 Å². The van der Waals surface area contributed by atoms with Crippen molar-refractivity contribution in [3.8, 4) is 58.3 Å². The summed E-state index contributed by atoms with van der Waals surface area (Å²) in [6.45, 7) is 49.7. The first-order valence-corrected chi connectivity index (χ1v) is 47.7. The van der Waals surface area contributed by atoms with E-state index in [9.17, 15) is 4.39 Å². The number of ether oxygens (including phenoxy) is 16. The van der Waals surface area contributed by atoms with E-state index in [1.807, 2.05) is 113 Å². The van der Waals surface area contributed by atoms with Crippen LogP contribution in [-0.4, -0.2) is 107 Å². The molecule has 0 aliphatic heterocycles. The maximum absolute atomic E-state index is 14.6. The van der Waals surface area contributed by atoms with Gasteiger partial charge in [-0.3, -0.25) is 0 Å². The fourth-order valence-electron chi connectivity index (χ4n) is 15.4. The molecule has 0 aromatic heterocycles. The van der Waals surface area contributed by atoms with E-state index in [4.69, 9.17) is 82.2 Å². The summed E-state index contributed by atoms with van der Waals surface area (Å²) < 4.78 is 109. The SMILES string of the molecule is C#Cc1cc(COC)c(OCCOc2ccc(C(C)(C)CC)cc2)c(COC)c1.C=Cc1cc(COCC)c(OCCOc2ccc(C(C)(C)CC)cc2)c(COCC)c1.CCC(C)(F)c1ccc(OCCOc2c(COC3CCCCC3)cc(C(C)(C)C)cc2COC2CCCCC2)cc1.CCC(C)c1ccc(OCCOc2c(C(C)OC)cc(C)cc2C(C)OC)cc1. The fourth-order valence-corrected chi connectivity index (χ4v) is 15.4. The molecule has 2 aliphatic carbocycles. The molecule has 17 heteroatoms. The number of hydrogen-bond acceptors (Lipinski definition) is 16. The molecule has 130 heavy (non-hydrogen) atoms. The minimum atomic E-state index is -1.33. The lowest BCUT2D eigenvalue weighted by Crippen LogP contribution is -2.20. The van der Waals surface area contributed by atoms with Crippen molar-refractivity contribution in [3.05, 3.63) is 241 Å². The van der Waals surface area contributed by atoms with Gasteiger partial charge in [0, 0.05) is 91.7 Å². The second-order valence-corrected chi connectivity index (χ2v) is 36.6. The average molecular weight is 1790 g/mol. The zero-order chi connectivity index (χ0) is 94.7. The predicted octanol–water partition coefficient (Wildman–Crippen LogP) is 27.8. The average Bonchev–Trinajstić information content (AvgIpc) is 0.799. The second kappa shape index (κ2) is 56.2. The summed E-state index contributed by atoms with van der Waals surface area (Å²) in [5.74, 6) is 9.77. The number of rotatable bonds is 49. The van der Waals surface area contributed by atoms with Gasteiger partial charge >= 0.3 is 0 Å². The molecule has 8 aromatic rings. The van der Waals surface area contributed by atoms with Crippen LogP contribution in [0.2, 0.25) is 0 Å². The van der Waals surface area contributed by atoms with Gasteiger partial charge in [0.15, 0.2) is 0 Å². The van der Waals surface area contributed by atoms with Gasteiger partial charge in [-0.1, -0.05) is 194 Å². The van der Waals surface area contributed by atoms with Crippen LogP contribution in [0.5, 0.6) is 46.0 Å². The van der Waals surface area contributed by atoms with Crippen molar-refractivity contribution in [1.29, 1.82) is 0 Å². The molecule has 0 heterocycles. The van der Waals surface area contributed by atoms with E-state index in [1.54, 1.807) is 35.4 Å². The normalized spacial score (nSPS) is 14.3. The zero-order valence-corrected chi connectivity index (χ0v) is 83.2. The number of terminal acetylenes is 1. The zero-order valence-electron chi connectivity index (χ0n) is 83.2. The van der Waals surface area contributed by atoms with Crippen molar-refractivity contribution < 1.29 is 80.2 Å². The highest BCUT2D eigenvalue weighted by Gasteiger charge is 2.28. The molecule has 2 fully saturated rings. The van der Waals surface area contributed by atoms with Crippen molar-refractivity contribution >= 4 is 6.08 Å². The Labute approximate surface area is 782 Å². The largest absolute Gasteiger partial charge is 0.490 e. The summed E-state index contributed by atoms with van der Waals surface area (Å²) >= 11 is 0. The Kier molecular flexibility index (Phi) is 46.7. The van der Waals surface area contributed by atoms with Crippen LogP contribution in [0.3, 0.4) is 0 Å². The van der Waals surface area contributed by atoms with Gasteiger partial charge in [0.1, 0.15) is 105 Å². The summed E-state index contributed by atoms with van der Waals surface area (Å²) in [6, 6.07) is 49.0. The molecule has 2 saturated carbocycles. The summed E-state index contributed by atoms with van der Waals surface area (Å²) in [4.78, 5) is 0. The molecule has 0 spiro atoms. The lowest BCUT2D eigenvalue weighted by Gasteiger charge is -2.27. The molecule has 16 nitrogen and oxygen atoms in total. The molecule has 0 saturated heterocycles. The van der Waals surface area contributed by atoms with E-state index in [0.29, 0.717) is 142 Å². The Morgan fingerprint density at radius 1 is 0.408 bits per heavy atom.